The highest BCUT2D eigenvalue weighted by atomic mass is 32.2. The molecule has 0 saturated heterocycles. The summed E-state index contributed by atoms with van der Waals surface area (Å²) in [5.41, 5.74) is 7.17. The average molecular weight is 241 g/mol. The summed E-state index contributed by atoms with van der Waals surface area (Å²) in [6.07, 6.45) is 2.27. The van der Waals surface area contributed by atoms with Crippen LogP contribution in [0.3, 0.4) is 0 Å². The predicted molar refractivity (Wildman–Crippen MR) is 61.4 cm³/mol. The maximum atomic E-state index is 9.19. The van der Waals surface area contributed by atoms with E-state index in [9.17, 15) is 8.42 Å². The van der Waals surface area contributed by atoms with Crippen molar-refractivity contribution in [2.75, 3.05) is 12.0 Å². The van der Waals surface area contributed by atoms with E-state index in [0.29, 0.717) is 11.9 Å². The molecule has 0 atom stereocenters. The predicted octanol–water partition coefficient (Wildman–Crippen LogP) is 0.716. The lowest BCUT2D eigenvalue weighted by Gasteiger charge is -1.96. The third kappa shape index (κ3) is 4.20. The highest BCUT2D eigenvalue weighted by molar-refractivity contribution is 7.85. The molecule has 1 heterocycles. The Morgan fingerprint density at radius 1 is 1.31 bits per heavy atom. The molecular weight excluding hydrogens is 230 g/mol. The topological polar surface area (TPSA) is 106 Å². The lowest BCUT2D eigenvalue weighted by Crippen LogP contribution is -1.90. The lowest BCUT2D eigenvalue weighted by atomic mass is 10.2. The van der Waals surface area contributed by atoms with Gasteiger partial charge in [-0.15, -0.1) is 0 Å². The number of nitrogens with two attached hydrogens (primary N) is 1. The Hall–Kier alpha value is -1.73. The van der Waals surface area contributed by atoms with Crippen LogP contribution in [0, 0.1) is 0 Å². The summed E-state index contributed by atoms with van der Waals surface area (Å²) in [7, 11) is -3.67. The molecule has 0 amide bonds. The fraction of sp³-hybridized carbons (Fsp3) is 0.111. The van der Waals surface area contributed by atoms with Gasteiger partial charge in [-0.1, -0.05) is 18.2 Å². The van der Waals surface area contributed by atoms with Crippen molar-refractivity contribution in [1.82, 2.24) is 10.2 Å². The Morgan fingerprint density at radius 2 is 1.88 bits per heavy atom. The summed E-state index contributed by atoms with van der Waals surface area (Å²) in [4.78, 5) is 0. The summed E-state index contributed by atoms with van der Waals surface area (Å²) in [6, 6.07) is 7.66. The van der Waals surface area contributed by atoms with Gasteiger partial charge in [-0.3, -0.25) is 4.55 Å². The van der Waals surface area contributed by atoms with Crippen molar-refractivity contribution in [3.8, 4) is 0 Å². The molecule has 0 saturated carbocycles. The summed E-state index contributed by atoms with van der Waals surface area (Å²) in [5.74, 6) is 0. The van der Waals surface area contributed by atoms with Gasteiger partial charge in [-0.2, -0.15) is 18.6 Å². The molecule has 3 N–H and O–H groups in total. The van der Waals surface area contributed by atoms with Crippen LogP contribution in [-0.2, 0) is 10.1 Å². The van der Waals surface area contributed by atoms with Gasteiger partial charge >= 0.3 is 0 Å². The van der Waals surface area contributed by atoms with Crippen LogP contribution in [0.1, 0.15) is 0 Å². The number of benzene rings is 1. The Kier molecular flexibility index (Phi) is 3.75. The van der Waals surface area contributed by atoms with Crippen molar-refractivity contribution in [3.05, 3.63) is 30.5 Å². The van der Waals surface area contributed by atoms with Gasteiger partial charge < -0.3 is 5.73 Å². The molecule has 86 valence electrons. The first kappa shape index (κ1) is 12.3. The number of nitrogen functional groups attached to an aromatic ring is 1. The molecule has 2 aromatic rings. The van der Waals surface area contributed by atoms with Crippen molar-refractivity contribution in [2.45, 2.75) is 0 Å². The second kappa shape index (κ2) is 4.86. The van der Waals surface area contributed by atoms with E-state index < -0.39 is 10.1 Å². The Morgan fingerprint density at radius 3 is 2.44 bits per heavy atom. The zero-order valence-corrected chi connectivity index (χ0v) is 9.35. The van der Waals surface area contributed by atoms with E-state index in [0.717, 1.165) is 10.9 Å². The minimum Gasteiger partial charge on any atom is -0.397 e. The second-order valence-corrected chi connectivity index (χ2v) is 4.52. The number of hydrogen-bond acceptors (Lipinski definition) is 5. The van der Waals surface area contributed by atoms with E-state index in [1.807, 2.05) is 24.3 Å². The first-order chi connectivity index (χ1) is 7.38. The molecule has 1 aromatic carbocycles. The standard InChI is InChI=1S/C8H7N3.CH4O3S/c9-7-5-10-11-8-4-2-1-3-6(7)8;1-5(2,3)4/h1-5H,(H2,9,11);1H3,(H,2,3,4). The first-order valence-corrected chi connectivity index (χ1v) is 6.11. The number of hydrogen-bond donors (Lipinski definition) is 2. The SMILES string of the molecule is CS(=O)(=O)O.Nc1cnnc2ccccc12. The van der Waals surface area contributed by atoms with Crippen LogP contribution in [0.15, 0.2) is 30.5 Å². The van der Waals surface area contributed by atoms with Crippen molar-refractivity contribution in [2.24, 2.45) is 0 Å². The number of rotatable bonds is 0. The summed E-state index contributed by atoms with van der Waals surface area (Å²) in [6.45, 7) is 0. The van der Waals surface area contributed by atoms with E-state index in [1.54, 1.807) is 6.20 Å². The molecule has 0 fully saturated rings. The van der Waals surface area contributed by atoms with E-state index in [-0.39, 0.29) is 0 Å². The average Bonchev–Trinajstić information content (AvgIpc) is 2.16. The fourth-order valence-electron chi connectivity index (χ4n) is 1.03. The summed E-state index contributed by atoms with van der Waals surface area (Å²) < 4.78 is 25.9. The van der Waals surface area contributed by atoms with Gasteiger partial charge in [0.2, 0.25) is 0 Å². The Labute approximate surface area is 92.9 Å². The van der Waals surface area contributed by atoms with Gasteiger partial charge in [0.15, 0.2) is 0 Å². The molecule has 0 radical (unpaired) electrons. The fourth-order valence-corrected chi connectivity index (χ4v) is 1.03. The van der Waals surface area contributed by atoms with Gasteiger partial charge in [0, 0.05) is 5.39 Å². The smallest absolute Gasteiger partial charge is 0.261 e. The van der Waals surface area contributed by atoms with Gasteiger partial charge in [-0.25, -0.2) is 0 Å². The molecular formula is C9H11N3O3S. The monoisotopic (exact) mass is 241 g/mol. The van der Waals surface area contributed by atoms with Crippen LogP contribution in [0.4, 0.5) is 5.69 Å². The molecule has 0 spiro atoms. The van der Waals surface area contributed by atoms with Crippen molar-refractivity contribution >= 4 is 26.7 Å². The van der Waals surface area contributed by atoms with Crippen molar-refractivity contribution < 1.29 is 13.0 Å². The summed E-state index contributed by atoms with van der Waals surface area (Å²) in [5, 5.41) is 8.61. The molecule has 0 aliphatic rings. The molecule has 2 rings (SSSR count). The third-order valence-corrected chi connectivity index (χ3v) is 1.58. The van der Waals surface area contributed by atoms with E-state index in [1.165, 1.54) is 0 Å². The number of nitrogens with zero attached hydrogens (tertiary/aromatic N) is 2. The van der Waals surface area contributed by atoms with Crippen LogP contribution in [0.5, 0.6) is 0 Å². The molecule has 0 bridgehead atoms. The molecule has 0 unspecified atom stereocenters. The number of aromatic nitrogens is 2. The molecule has 1 aromatic heterocycles. The molecule has 0 aliphatic heterocycles. The Balaban J connectivity index is 0.000000221. The van der Waals surface area contributed by atoms with Gasteiger partial charge in [0.25, 0.3) is 10.1 Å². The summed E-state index contributed by atoms with van der Waals surface area (Å²) >= 11 is 0. The van der Waals surface area contributed by atoms with E-state index in [2.05, 4.69) is 10.2 Å². The van der Waals surface area contributed by atoms with Crippen LogP contribution in [-0.4, -0.2) is 29.4 Å². The number of fused-ring (bicyclic) bond motifs is 1. The highest BCUT2D eigenvalue weighted by Gasteiger charge is 1.95. The van der Waals surface area contributed by atoms with E-state index in [4.69, 9.17) is 10.3 Å². The quantitative estimate of drug-likeness (QED) is 0.658. The zero-order chi connectivity index (χ0) is 12.2. The van der Waals surface area contributed by atoms with Crippen LogP contribution >= 0.6 is 0 Å². The maximum Gasteiger partial charge on any atom is 0.261 e. The van der Waals surface area contributed by atoms with Crippen molar-refractivity contribution in [3.63, 3.8) is 0 Å². The van der Waals surface area contributed by atoms with Crippen LogP contribution in [0.25, 0.3) is 10.9 Å². The normalized spacial score (nSPS) is 10.6. The van der Waals surface area contributed by atoms with Crippen LogP contribution in [0.2, 0.25) is 0 Å². The van der Waals surface area contributed by atoms with Crippen LogP contribution < -0.4 is 5.73 Å². The number of anilines is 1. The first-order valence-electron chi connectivity index (χ1n) is 4.26. The zero-order valence-electron chi connectivity index (χ0n) is 8.53. The molecule has 0 aliphatic carbocycles. The third-order valence-electron chi connectivity index (χ3n) is 1.58. The Bertz CT molecular complexity index is 570. The lowest BCUT2D eigenvalue weighted by molar-refractivity contribution is 0.490. The van der Waals surface area contributed by atoms with Gasteiger partial charge in [0.1, 0.15) is 0 Å². The molecule has 6 nitrogen and oxygen atoms in total. The van der Waals surface area contributed by atoms with Crippen molar-refractivity contribution in [1.29, 1.82) is 0 Å². The van der Waals surface area contributed by atoms with E-state index >= 15 is 0 Å². The molecule has 16 heavy (non-hydrogen) atoms. The van der Waals surface area contributed by atoms with Gasteiger partial charge in [0.05, 0.1) is 23.7 Å². The largest absolute Gasteiger partial charge is 0.397 e. The minimum atomic E-state index is -3.67. The molecule has 7 heteroatoms. The van der Waals surface area contributed by atoms with Gasteiger partial charge in [-0.05, 0) is 6.07 Å². The second-order valence-electron chi connectivity index (χ2n) is 3.05. The minimum absolute atomic E-state index is 0.676. The highest BCUT2D eigenvalue weighted by Crippen LogP contribution is 2.15. The maximum absolute atomic E-state index is 9.19.